The van der Waals surface area contributed by atoms with Crippen molar-refractivity contribution >= 4 is 17.3 Å². The topological polar surface area (TPSA) is 75.8 Å². The molecule has 16 heavy (non-hydrogen) atoms. The number of hydroxylamine groups is 1. The van der Waals surface area contributed by atoms with Crippen LogP contribution >= 0.6 is 0 Å². The van der Waals surface area contributed by atoms with Gasteiger partial charge in [0.15, 0.2) is 0 Å². The Morgan fingerprint density at radius 2 is 2.31 bits per heavy atom. The summed E-state index contributed by atoms with van der Waals surface area (Å²) in [5.41, 5.74) is 5.80. The second kappa shape index (κ2) is 3.97. The van der Waals surface area contributed by atoms with Crippen molar-refractivity contribution in [2.24, 2.45) is 0 Å². The molecule has 0 unspecified atom stereocenters. The molecule has 0 aromatic heterocycles. The molecule has 0 bridgehead atoms. The van der Waals surface area contributed by atoms with E-state index in [1.165, 1.54) is 5.06 Å². The van der Waals surface area contributed by atoms with Gasteiger partial charge in [-0.1, -0.05) is 0 Å². The summed E-state index contributed by atoms with van der Waals surface area (Å²) < 4.78 is 13.4. The minimum Gasteiger partial charge on any atom is -0.478 e. The third-order valence-electron chi connectivity index (χ3n) is 2.37. The second-order valence-electron chi connectivity index (χ2n) is 3.48. The van der Waals surface area contributed by atoms with Crippen molar-refractivity contribution in [3.05, 3.63) is 23.5 Å². The number of halogens is 1. The predicted molar refractivity (Wildman–Crippen MR) is 55.7 cm³/mol. The second-order valence-corrected chi connectivity index (χ2v) is 3.48. The largest absolute Gasteiger partial charge is 0.478 e. The lowest BCUT2D eigenvalue weighted by atomic mass is 10.1. The quantitative estimate of drug-likeness (QED) is 0.742. The van der Waals surface area contributed by atoms with Gasteiger partial charge in [0.2, 0.25) is 0 Å². The zero-order valence-electron chi connectivity index (χ0n) is 8.44. The van der Waals surface area contributed by atoms with Crippen molar-refractivity contribution in [2.75, 3.05) is 23.9 Å². The molecule has 2 rings (SSSR count). The molecule has 3 N–H and O–H groups in total. The average Bonchev–Trinajstić information content (AvgIpc) is 2.73. The highest BCUT2D eigenvalue weighted by Gasteiger charge is 2.20. The number of benzene rings is 1. The van der Waals surface area contributed by atoms with E-state index < -0.39 is 17.3 Å². The number of hydrogen-bond acceptors (Lipinski definition) is 4. The normalized spacial score (nSPS) is 15.4. The number of carbonyl (C=O) groups is 1. The molecule has 1 aromatic carbocycles. The first kappa shape index (κ1) is 10.7. The van der Waals surface area contributed by atoms with E-state index in [1.807, 2.05) is 0 Å². The maximum absolute atomic E-state index is 13.4. The van der Waals surface area contributed by atoms with Crippen LogP contribution in [0, 0.1) is 5.82 Å². The summed E-state index contributed by atoms with van der Waals surface area (Å²) in [5.74, 6) is -2.15. The van der Waals surface area contributed by atoms with E-state index in [9.17, 15) is 9.18 Å². The first-order valence-electron chi connectivity index (χ1n) is 4.82. The Labute approximate surface area is 91.2 Å². The summed E-state index contributed by atoms with van der Waals surface area (Å²) in [6.45, 7) is 1.18. The summed E-state index contributed by atoms with van der Waals surface area (Å²) >= 11 is 0. The van der Waals surface area contributed by atoms with Gasteiger partial charge in [0.1, 0.15) is 5.82 Å². The molecule has 0 amide bonds. The monoisotopic (exact) mass is 226 g/mol. The summed E-state index contributed by atoms with van der Waals surface area (Å²) in [5, 5.41) is 10.2. The molecule has 1 aliphatic heterocycles. The first-order chi connectivity index (χ1) is 7.59. The van der Waals surface area contributed by atoms with Crippen molar-refractivity contribution in [3.8, 4) is 0 Å². The SMILES string of the molecule is Nc1cc(C(=O)O)c(F)cc1N1CCCO1. The highest BCUT2D eigenvalue weighted by molar-refractivity contribution is 5.90. The van der Waals surface area contributed by atoms with E-state index in [4.69, 9.17) is 15.7 Å². The molecule has 1 aliphatic rings. The van der Waals surface area contributed by atoms with Gasteiger partial charge in [-0.3, -0.25) is 9.90 Å². The molecule has 86 valence electrons. The molecule has 0 spiro atoms. The first-order valence-corrected chi connectivity index (χ1v) is 4.82. The summed E-state index contributed by atoms with van der Waals surface area (Å²) in [6.07, 6.45) is 0.835. The number of nitrogens with zero attached hydrogens (tertiary/aromatic N) is 1. The highest BCUT2D eigenvalue weighted by atomic mass is 19.1. The van der Waals surface area contributed by atoms with Gasteiger partial charge in [0, 0.05) is 12.6 Å². The molecule has 1 fully saturated rings. The fourth-order valence-corrected chi connectivity index (χ4v) is 1.60. The molecule has 1 aromatic rings. The van der Waals surface area contributed by atoms with Crippen LogP contribution in [0.3, 0.4) is 0 Å². The van der Waals surface area contributed by atoms with Gasteiger partial charge >= 0.3 is 5.97 Å². The molecule has 0 radical (unpaired) electrons. The van der Waals surface area contributed by atoms with E-state index in [1.54, 1.807) is 0 Å². The third kappa shape index (κ3) is 1.79. The van der Waals surface area contributed by atoms with Crippen LogP contribution in [-0.4, -0.2) is 24.2 Å². The number of carboxylic acid groups (broad SMARTS) is 1. The zero-order valence-corrected chi connectivity index (χ0v) is 8.44. The summed E-state index contributed by atoms with van der Waals surface area (Å²) in [4.78, 5) is 15.9. The van der Waals surface area contributed by atoms with Crippen LogP contribution in [0.1, 0.15) is 16.8 Å². The lowest BCUT2D eigenvalue weighted by Gasteiger charge is -2.18. The van der Waals surface area contributed by atoms with Crippen molar-refractivity contribution in [1.82, 2.24) is 0 Å². The molecular formula is C10H11FN2O3. The van der Waals surface area contributed by atoms with Gasteiger partial charge in [-0.15, -0.1) is 0 Å². The van der Waals surface area contributed by atoms with Crippen molar-refractivity contribution in [3.63, 3.8) is 0 Å². The van der Waals surface area contributed by atoms with Gasteiger partial charge in [-0.05, 0) is 12.5 Å². The Bertz CT molecular complexity index is 430. The Kier molecular flexibility index (Phi) is 2.66. The van der Waals surface area contributed by atoms with Crippen molar-refractivity contribution in [1.29, 1.82) is 0 Å². The number of hydrogen-bond donors (Lipinski definition) is 2. The Balaban J connectivity index is 2.40. The molecule has 0 atom stereocenters. The number of carboxylic acids is 1. The molecule has 6 heteroatoms. The minimum absolute atomic E-state index is 0.195. The Morgan fingerprint density at radius 1 is 1.56 bits per heavy atom. The van der Waals surface area contributed by atoms with Crippen molar-refractivity contribution in [2.45, 2.75) is 6.42 Å². The van der Waals surface area contributed by atoms with Crippen LogP contribution < -0.4 is 10.8 Å². The molecule has 5 nitrogen and oxygen atoms in total. The van der Waals surface area contributed by atoms with Gasteiger partial charge in [-0.25, -0.2) is 9.18 Å². The average molecular weight is 226 g/mol. The zero-order chi connectivity index (χ0) is 11.7. The minimum atomic E-state index is -1.34. The van der Waals surface area contributed by atoms with Crippen LogP contribution in [0.2, 0.25) is 0 Å². The van der Waals surface area contributed by atoms with E-state index in [-0.39, 0.29) is 5.69 Å². The number of nitrogen functional groups attached to an aromatic ring is 1. The van der Waals surface area contributed by atoms with E-state index in [0.717, 1.165) is 18.6 Å². The standard InChI is InChI=1S/C10H11FN2O3/c11-7-5-9(13-2-1-3-16-13)8(12)4-6(7)10(14)15/h4-5H,1-3,12H2,(H,14,15). The van der Waals surface area contributed by atoms with Gasteiger partial charge in [0.05, 0.1) is 23.5 Å². The maximum atomic E-state index is 13.4. The van der Waals surface area contributed by atoms with E-state index >= 15 is 0 Å². The highest BCUT2D eigenvalue weighted by Crippen LogP contribution is 2.29. The third-order valence-corrected chi connectivity index (χ3v) is 2.37. The fraction of sp³-hybridized carbons (Fsp3) is 0.300. The Hall–Kier alpha value is -1.82. The van der Waals surface area contributed by atoms with Crippen LogP contribution in [-0.2, 0) is 4.84 Å². The number of anilines is 2. The number of aromatic carboxylic acids is 1. The van der Waals surface area contributed by atoms with Crippen molar-refractivity contribution < 1.29 is 19.1 Å². The Morgan fingerprint density at radius 3 is 2.88 bits per heavy atom. The van der Waals surface area contributed by atoms with Gasteiger partial charge in [0.25, 0.3) is 0 Å². The molecule has 1 heterocycles. The lowest BCUT2D eigenvalue weighted by molar-refractivity contribution is 0.0692. The number of rotatable bonds is 2. The fourth-order valence-electron chi connectivity index (χ4n) is 1.60. The van der Waals surface area contributed by atoms with Crippen LogP contribution in [0.15, 0.2) is 12.1 Å². The van der Waals surface area contributed by atoms with Crippen LogP contribution in [0.25, 0.3) is 0 Å². The molecule has 0 aliphatic carbocycles. The van der Waals surface area contributed by atoms with Gasteiger partial charge < -0.3 is 10.8 Å². The molecular weight excluding hydrogens is 215 g/mol. The van der Waals surface area contributed by atoms with Crippen LogP contribution in [0.5, 0.6) is 0 Å². The maximum Gasteiger partial charge on any atom is 0.338 e. The van der Waals surface area contributed by atoms with Gasteiger partial charge in [-0.2, -0.15) is 0 Å². The number of nitrogens with two attached hydrogens (primary N) is 1. The predicted octanol–water partition coefficient (Wildman–Crippen LogP) is 1.25. The molecule has 1 saturated heterocycles. The van der Waals surface area contributed by atoms with E-state index in [0.29, 0.717) is 18.8 Å². The van der Waals surface area contributed by atoms with E-state index in [2.05, 4.69) is 0 Å². The summed E-state index contributed by atoms with van der Waals surface area (Å²) in [6, 6.07) is 2.19. The molecule has 0 saturated carbocycles. The smallest absolute Gasteiger partial charge is 0.338 e. The summed E-state index contributed by atoms with van der Waals surface area (Å²) in [7, 11) is 0. The van der Waals surface area contributed by atoms with Crippen LogP contribution in [0.4, 0.5) is 15.8 Å². The lowest BCUT2D eigenvalue weighted by Crippen LogP contribution is -2.18.